The molecule has 1 aliphatic heterocycles. The van der Waals surface area contributed by atoms with Crippen molar-refractivity contribution < 1.29 is 0 Å². The van der Waals surface area contributed by atoms with Gasteiger partial charge in [-0.25, -0.2) is 0 Å². The molecule has 1 aliphatic rings. The highest BCUT2D eigenvalue weighted by Crippen LogP contribution is 2.37. The minimum absolute atomic E-state index is 0.296. The van der Waals surface area contributed by atoms with Crippen LogP contribution in [0.4, 0.5) is 0 Å². The Morgan fingerprint density at radius 1 is 1.09 bits per heavy atom. The summed E-state index contributed by atoms with van der Waals surface area (Å²) in [4.78, 5) is 5.64. The second-order valence-corrected chi connectivity index (χ2v) is 6.74. The molecule has 2 atom stereocenters. The molecule has 2 unspecified atom stereocenters. The van der Waals surface area contributed by atoms with Gasteiger partial charge < -0.3 is 5.73 Å². The molecule has 2 nitrogen and oxygen atoms in total. The van der Waals surface area contributed by atoms with E-state index in [0.29, 0.717) is 0 Å². The lowest BCUT2D eigenvalue weighted by atomic mass is 9.78. The van der Waals surface area contributed by atoms with Crippen LogP contribution >= 0.6 is 23.4 Å². The number of dihydropyridines is 1. The largest absolute Gasteiger partial charge is 0.309 e. The maximum Gasteiger partial charge on any atom is 0.111 e. The second kappa shape index (κ2) is 6.69. The Bertz CT molecular complexity index is 682. The molecule has 1 heterocycles. The smallest absolute Gasteiger partial charge is 0.111 e. The number of thioether (sulfide) groups is 1. The van der Waals surface area contributed by atoms with Crippen LogP contribution < -0.4 is 5.73 Å². The normalized spacial score (nSPS) is 23.6. The molecule has 0 fully saturated rings. The SMILES string of the molecule is NC1N=CC=CC1(CSc1ccccc1)c1ccc(Cl)cc1. The Balaban J connectivity index is 1.92. The number of nitrogens with two attached hydrogens (primary N) is 1. The van der Waals surface area contributed by atoms with E-state index in [4.69, 9.17) is 17.3 Å². The van der Waals surface area contributed by atoms with Crippen molar-refractivity contribution in [1.82, 2.24) is 0 Å². The van der Waals surface area contributed by atoms with Crippen LogP contribution in [0.5, 0.6) is 0 Å². The molecule has 112 valence electrons. The third-order valence-corrected chi connectivity index (χ3v) is 5.34. The monoisotopic (exact) mass is 328 g/mol. The second-order valence-electron chi connectivity index (χ2n) is 5.25. The predicted molar refractivity (Wildman–Crippen MR) is 95.9 cm³/mol. The first-order valence-corrected chi connectivity index (χ1v) is 8.47. The number of hydrogen-bond donors (Lipinski definition) is 1. The zero-order valence-corrected chi connectivity index (χ0v) is 13.6. The zero-order chi connectivity index (χ0) is 15.4. The molecule has 0 spiro atoms. The molecule has 0 amide bonds. The fraction of sp³-hybridized carbons (Fsp3) is 0.167. The van der Waals surface area contributed by atoms with Crippen LogP contribution in [0.15, 0.2) is 76.6 Å². The van der Waals surface area contributed by atoms with E-state index < -0.39 is 0 Å². The number of halogens is 1. The van der Waals surface area contributed by atoms with Gasteiger partial charge in [-0.3, -0.25) is 4.99 Å². The van der Waals surface area contributed by atoms with Crippen LogP contribution in [0.3, 0.4) is 0 Å². The minimum atomic E-state index is -0.320. The summed E-state index contributed by atoms with van der Waals surface area (Å²) in [6.07, 6.45) is 5.61. The third kappa shape index (κ3) is 3.12. The molecular weight excluding hydrogens is 312 g/mol. The summed E-state index contributed by atoms with van der Waals surface area (Å²) in [6.45, 7) is 0. The highest BCUT2D eigenvalue weighted by atomic mass is 35.5. The Hall–Kier alpha value is -1.55. The fourth-order valence-corrected chi connectivity index (χ4v) is 3.87. The van der Waals surface area contributed by atoms with E-state index in [-0.39, 0.29) is 11.6 Å². The van der Waals surface area contributed by atoms with Gasteiger partial charge >= 0.3 is 0 Å². The first-order valence-electron chi connectivity index (χ1n) is 7.11. The topological polar surface area (TPSA) is 38.4 Å². The minimum Gasteiger partial charge on any atom is -0.309 e. The van der Waals surface area contributed by atoms with Crippen molar-refractivity contribution in [2.24, 2.45) is 10.7 Å². The lowest BCUT2D eigenvalue weighted by molar-refractivity contribution is 0.477. The van der Waals surface area contributed by atoms with Crippen molar-refractivity contribution in [1.29, 1.82) is 0 Å². The van der Waals surface area contributed by atoms with Gasteiger partial charge in [0.15, 0.2) is 0 Å². The van der Waals surface area contributed by atoms with Crippen molar-refractivity contribution >= 4 is 29.6 Å². The quantitative estimate of drug-likeness (QED) is 0.850. The Morgan fingerprint density at radius 2 is 1.82 bits per heavy atom. The molecule has 2 N–H and O–H groups in total. The Morgan fingerprint density at radius 3 is 2.50 bits per heavy atom. The van der Waals surface area contributed by atoms with Gasteiger partial charge in [-0.2, -0.15) is 0 Å². The Kier molecular flexibility index (Phi) is 4.67. The van der Waals surface area contributed by atoms with Crippen LogP contribution in [-0.4, -0.2) is 18.1 Å². The molecule has 2 aromatic rings. The zero-order valence-electron chi connectivity index (χ0n) is 12.0. The number of aliphatic imine (C=N–C) groups is 1. The van der Waals surface area contributed by atoms with Crippen LogP contribution in [0, 0.1) is 0 Å². The summed E-state index contributed by atoms with van der Waals surface area (Å²) in [5, 5.41) is 0.728. The summed E-state index contributed by atoms with van der Waals surface area (Å²) in [5.74, 6) is 0.827. The van der Waals surface area contributed by atoms with E-state index in [1.54, 1.807) is 18.0 Å². The predicted octanol–water partition coefficient (Wildman–Crippen LogP) is 4.30. The molecule has 2 aromatic carbocycles. The highest BCUT2D eigenvalue weighted by molar-refractivity contribution is 7.99. The molecule has 0 aliphatic carbocycles. The number of allylic oxidation sites excluding steroid dienone is 1. The van der Waals surface area contributed by atoms with Crippen LogP contribution in [0.1, 0.15) is 5.56 Å². The highest BCUT2D eigenvalue weighted by Gasteiger charge is 2.37. The summed E-state index contributed by atoms with van der Waals surface area (Å²) in [7, 11) is 0. The molecule has 22 heavy (non-hydrogen) atoms. The molecule has 0 aromatic heterocycles. The van der Waals surface area contributed by atoms with E-state index in [9.17, 15) is 0 Å². The van der Waals surface area contributed by atoms with E-state index in [2.05, 4.69) is 23.2 Å². The standard InChI is InChI=1S/C18H17ClN2S/c19-15-9-7-14(8-10-15)18(11-4-12-21-17(18)20)13-22-16-5-2-1-3-6-16/h1-12,17H,13,20H2. The van der Waals surface area contributed by atoms with Crippen LogP contribution in [0.2, 0.25) is 5.02 Å². The number of rotatable bonds is 4. The van der Waals surface area contributed by atoms with Gasteiger partial charge in [0, 0.05) is 21.9 Å². The molecule has 4 heteroatoms. The number of benzene rings is 2. The molecule has 0 saturated carbocycles. The van der Waals surface area contributed by atoms with Gasteiger partial charge in [0.05, 0.1) is 5.41 Å². The number of nitrogens with zero attached hydrogens (tertiary/aromatic N) is 1. The average Bonchev–Trinajstić information content (AvgIpc) is 2.56. The maximum atomic E-state index is 6.35. The van der Waals surface area contributed by atoms with Gasteiger partial charge in [0.25, 0.3) is 0 Å². The van der Waals surface area contributed by atoms with Crippen molar-refractivity contribution in [2.75, 3.05) is 5.75 Å². The average molecular weight is 329 g/mol. The third-order valence-electron chi connectivity index (χ3n) is 3.86. The number of hydrogen-bond acceptors (Lipinski definition) is 3. The van der Waals surface area contributed by atoms with Gasteiger partial charge in [-0.1, -0.05) is 48.0 Å². The summed E-state index contributed by atoms with van der Waals surface area (Å²) in [6, 6.07) is 18.2. The van der Waals surface area contributed by atoms with Crippen molar-refractivity contribution in [3.05, 3.63) is 77.3 Å². The van der Waals surface area contributed by atoms with E-state index in [1.165, 1.54) is 4.90 Å². The van der Waals surface area contributed by atoms with Crippen molar-refractivity contribution in [2.45, 2.75) is 16.5 Å². The molecule has 0 bridgehead atoms. The molecule has 0 saturated heterocycles. The van der Waals surface area contributed by atoms with Gasteiger partial charge in [-0.05, 0) is 35.9 Å². The maximum absolute atomic E-state index is 6.35. The Labute approximate surface area is 140 Å². The van der Waals surface area contributed by atoms with Crippen LogP contribution in [-0.2, 0) is 5.41 Å². The van der Waals surface area contributed by atoms with Crippen molar-refractivity contribution in [3.63, 3.8) is 0 Å². The summed E-state index contributed by atoms with van der Waals surface area (Å²) < 4.78 is 0. The van der Waals surface area contributed by atoms with E-state index in [1.807, 2.05) is 48.5 Å². The first-order chi connectivity index (χ1) is 10.7. The van der Waals surface area contributed by atoms with Crippen LogP contribution in [0.25, 0.3) is 0 Å². The molecular formula is C18H17ClN2S. The molecule has 3 rings (SSSR count). The van der Waals surface area contributed by atoms with Gasteiger partial charge in [0.2, 0.25) is 0 Å². The van der Waals surface area contributed by atoms with Gasteiger partial charge in [0.1, 0.15) is 6.17 Å². The summed E-state index contributed by atoms with van der Waals surface area (Å²) >= 11 is 7.81. The van der Waals surface area contributed by atoms with Gasteiger partial charge in [-0.15, -0.1) is 11.8 Å². The fourth-order valence-electron chi connectivity index (χ4n) is 2.55. The molecule has 0 radical (unpaired) electrons. The van der Waals surface area contributed by atoms with E-state index >= 15 is 0 Å². The summed E-state index contributed by atoms with van der Waals surface area (Å²) in [5.41, 5.74) is 7.17. The van der Waals surface area contributed by atoms with E-state index in [0.717, 1.165) is 16.3 Å². The lowest BCUT2D eigenvalue weighted by Gasteiger charge is -2.36. The first kappa shape index (κ1) is 15.3. The van der Waals surface area contributed by atoms with Crippen molar-refractivity contribution in [3.8, 4) is 0 Å². The lowest BCUT2D eigenvalue weighted by Crippen LogP contribution is -2.46.